The van der Waals surface area contributed by atoms with Crippen LogP contribution in [-0.2, 0) is 12.8 Å². The van der Waals surface area contributed by atoms with Crippen LogP contribution in [0.25, 0.3) is 0 Å². The molecule has 0 saturated heterocycles. The smallest absolute Gasteiger partial charge is 0.0485 e. The van der Waals surface area contributed by atoms with Gasteiger partial charge in [-0.1, -0.05) is 36.4 Å². The number of hydrogen-bond acceptors (Lipinski definition) is 1. The Morgan fingerprint density at radius 3 is 2.50 bits per heavy atom. The molecule has 0 amide bonds. The predicted molar refractivity (Wildman–Crippen MR) is 86.3 cm³/mol. The SMILES string of the molecule is Cc1ccccc1NC(C)c1ccc2c(c1)CCCC2. The summed E-state index contributed by atoms with van der Waals surface area (Å²) in [6, 6.07) is 15.9. The Kier molecular flexibility index (Phi) is 3.77. The Morgan fingerprint density at radius 2 is 1.70 bits per heavy atom. The fourth-order valence-electron chi connectivity index (χ4n) is 3.07. The molecule has 0 saturated carbocycles. The molecule has 1 aliphatic carbocycles. The van der Waals surface area contributed by atoms with Crippen molar-refractivity contribution in [3.05, 3.63) is 64.7 Å². The molecule has 1 heteroatoms. The van der Waals surface area contributed by atoms with Gasteiger partial charge in [-0.05, 0) is 67.9 Å². The second-order valence-corrected chi connectivity index (χ2v) is 5.92. The van der Waals surface area contributed by atoms with Crippen LogP contribution in [0.4, 0.5) is 5.69 Å². The fourth-order valence-corrected chi connectivity index (χ4v) is 3.07. The van der Waals surface area contributed by atoms with E-state index in [1.165, 1.54) is 42.5 Å². The van der Waals surface area contributed by atoms with Gasteiger partial charge in [0.05, 0.1) is 0 Å². The predicted octanol–water partition coefficient (Wildman–Crippen LogP) is 5.05. The van der Waals surface area contributed by atoms with Crippen LogP contribution in [0.1, 0.15) is 48.1 Å². The normalized spacial score (nSPS) is 15.5. The number of anilines is 1. The zero-order chi connectivity index (χ0) is 13.9. The van der Waals surface area contributed by atoms with Gasteiger partial charge in [0.1, 0.15) is 0 Å². The van der Waals surface area contributed by atoms with Crippen molar-refractivity contribution in [3.63, 3.8) is 0 Å². The molecule has 0 radical (unpaired) electrons. The average Bonchev–Trinajstić information content (AvgIpc) is 2.49. The van der Waals surface area contributed by atoms with E-state index in [2.05, 4.69) is 61.6 Å². The molecule has 0 bridgehead atoms. The number of aryl methyl sites for hydroxylation is 3. The van der Waals surface area contributed by atoms with E-state index < -0.39 is 0 Å². The number of hydrogen-bond donors (Lipinski definition) is 1. The van der Waals surface area contributed by atoms with Gasteiger partial charge in [-0.2, -0.15) is 0 Å². The van der Waals surface area contributed by atoms with Gasteiger partial charge in [0, 0.05) is 11.7 Å². The van der Waals surface area contributed by atoms with Crippen LogP contribution < -0.4 is 5.32 Å². The highest BCUT2D eigenvalue weighted by atomic mass is 14.9. The Hall–Kier alpha value is -1.76. The first-order valence-electron chi connectivity index (χ1n) is 7.68. The average molecular weight is 265 g/mol. The number of fused-ring (bicyclic) bond motifs is 1. The highest BCUT2D eigenvalue weighted by Gasteiger charge is 2.12. The standard InChI is InChI=1S/C19H23N/c1-14-7-3-6-10-19(14)20-15(2)17-12-11-16-8-4-5-9-18(16)13-17/h3,6-7,10-13,15,20H,4-5,8-9H2,1-2H3. The summed E-state index contributed by atoms with van der Waals surface area (Å²) < 4.78 is 0. The first-order chi connectivity index (χ1) is 9.74. The highest BCUT2D eigenvalue weighted by Crippen LogP contribution is 2.27. The minimum atomic E-state index is 0.350. The van der Waals surface area contributed by atoms with Crippen molar-refractivity contribution in [2.24, 2.45) is 0 Å². The van der Waals surface area contributed by atoms with E-state index in [4.69, 9.17) is 0 Å². The number of para-hydroxylation sites is 1. The first kappa shape index (κ1) is 13.2. The monoisotopic (exact) mass is 265 g/mol. The quantitative estimate of drug-likeness (QED) is 0.819. The third-order valence-corrected chi connectivity index (χ3v) is 4.39. The van der Waals surface area contributed by atoms with Gasteiger partial charge in [-0.25, -0.2) is 0 Å². The van der Waals surface area contributed by atoms with Crippen LogP contribution in [0, 0.1) is 6.92 Å². The molecule has 3 rings (SSSR count). The van der Waals surface area contributed by atoms with Crippen molar-refractivity contribution >= 4 is 5.69 Å². The maximum Gasteiger partial charge on any atom is 0.0485 e. The Bertz CT molecular complexity index is 600. The maximum absolute atomic E-state index is 3.63. The molecule has 1 nitrogen and oxygen atoms in total. The topological polar surface area (TPSA) is 12.0 Å². The van der Waals surface area contributed by atoms with Gasteiger partial charge in [0.15, 0.2) is 0 Å². The second kappa shape index (κ2) is 5.70. The molecule has 2 aromatic carbocycles. The summed E-state index contributed by atoms with van der Waals surface area (Å²) in [5.74, 6) is 0. The minimum Gasteiger partial charge on any atom is -0.378 e. The van der Waals surface area contributed by atoms with Gasteiger partial charge in [0.2, 0.25) is 0 Å². The molecule has 0 aromatic heterocycles. The van der Waals surface area contributed by atoms with E-state index in [-0.39, 0.29) is 0 Å². The Balaban J connectivity index is 1.80. The lowest BCUT2D eigenvalue weighted by atomic mass is 9.89. The molecule has 0 aliphatic heterocycles. The van der Waals surface area contributed by atoms with E-state index in [0.29, 0.717) is 6.04 Å². The van der Waals surface area contributed by atoms with Crippen LogP contribution >= 0.6 is 0 Å². The minimum absolute atomic E-state index is 0.350. The maximum atomic E-state index is 3.63. The molecular weight excluding hydrogens is 242 g/mol. The van der Waals surface area contributed by atoms with Gasteiger partial charge in [-0.3, -0.25) is 0 Å². The molecule has 0 fully saturated rings. The van der Waals surface area contributed by atoms with Crippen molar-refractivity contribution in [1.82, 2.24) is 0 Å². The molecule has 0 spiro atoms. The molecule has 1 unspecified atom stereocenters. The lowest BCUT2D eigenvalue weighted by molar-refractivity contribution is 0.683. The summed E-state index contributed by atoms with van der Waals surface area (Å²) in [7, 11) is 0. The van der Waals surface area contributed by atoms with Crippen molar-refractivity contribution in [2.45, 2.75) is 45.6 Å². The first-order valence-corrected chi connectivity index (χ1v) is 7.68. The molecule has 0 heterocycles. The van der Waals surface area contributed by atoms with Crippen LogP contribution in [0.2, 0.25) is 0 Å². The van der Waals surface area contributed by atoms with Crippen LogP contribution in [0.5, 0.6) is 0 Å². The number of benzene rings is 2. The van der Waals surface area contributed by atoms with E-state index in [0.717, 1.165) is 0 Å². The summed E-state index contributed by atoms with van der Waals surface area (Å²) >= 11 is 0. The van der Waals surface area contributed by atoms with Crippen molar-refractivity contribution in [1.29, 1.82) is 0 Å². The fraction of sp³-hybridized carbons (Fsp3) is 0.368. The molecular formula is C19H23N. The zero-order valence-electron chi connectivity index (χ0n) is 12.4. The van der Waals surface area contributed by atoms with Crippen LogP contribution in [0.15, 0.2) is 42.5 Å². The molecule has 1 atom stereocenters. The molecule has 1 N–H and O–H groups in total. The third kappa shape index (κ3) is 2.72. The summed E-state index contributed by atoms with van der Waals surface area (Å²) in [5.41, 5.74) is 7.05. The number of rotatable bonds is 3. The number of nitrogens with one attached hydrogen (secondary N) is 1. The summed E-state index contributed by atoms with van der Waals surface area (Å²) in [5, 5.41) is 3.63. The van der Waals surface area contributed by atoms with Crippen molar-refractivity contribution < 1.29 is 0 Å². The summed E-state index contributed by atoms with van der Waals surface area (Å²) in [6.45, 7) is 4.40. The second-order valence-electron chi connectivity index (χ2n) is 5.92. The van der Waals surface area contributed by atoms with Gasteiger partial charge >= 0.3 is 0 Å². The van der Waals surface area contributed by atoms with E-state index in [1.807, 2.05) is 0 Å². The lowest BCUT2D eigenvalue weighted by Gasteiger charge is -2.21. The van der Waals surface area contributed by atoms with E-state index in [9.17, 15) is 0 Å². The third-order valence-electron chi connectivity index (χ3n) is 4.39. The van der Waals surface area contributed by atoms with Gasteiger partial charge < -0.3 is 5.32 Å². The van der Waals surface area contributed by atoms with Crippen LogP contribution in [-0.4, -0.2) is 0 Å². The highest BCUT2D eigenvalue weighted by molar-refractivity contribution is 5.52. The molecule has 1 aliphatic rings. The summed E-state index contributed by atoms with van der Waals surface area (Å²) in [6.07, 6.45) is 5.20. The van der Waals surface area contributed by atoms with Crippen LogP contribution in [0.3, 0.4) is 0 Å². The summed E-state index contributed by atoms with van der Waals surface area (Å²) in [4.78, 5) is 0. The Labute approximate surface area is 122 Å². The van der Waals surface area contributed by atoms with E-state index >= 15 is 0 Å². The molecule has 2 aromatic rings. The van der Waals surface area contributed by atoms with E-state index in [1.54, 1.807) is 11.1 Å². The Morgan fingerprint density at radius 1 is 0.950 bits per heavy atom. The largest absolute Gasteiger partial charge is 0.378 e. The lowest BCUT2D eigenvalue weighted by Crippen LogP contribution is -2.10. The molecule has 104 valence electrons. The van der Waals surface area contributed by atoms with Gasteiger partial charge in [0.25, 0.3) is 0 Å². The van der Waals surface area contributed by atoms with Gasteiger partial charge in [-0.15, -0.1) is 0 Å². The van der Waals surface area contributed by atoms with Crippen molar-refractivity contribution in [3.8, 4) is 0 Å². The molecule has 20 heavy (non-hydrogen) atoms. The van der Waals surface area contributed by atoms with Crippen molar-refractivity contribution in [2.75, 3.05) is 5.32 Å². The zero-order valence-corrected chi connectivity index (χ0v) is 12.4.